The van der Waals surface area contributed by atoms with E-state index >= 15 is 0 Å². The summed E-state index contributed by atoms with van der Waals surface area (Å²) in [6, 6.07) is 0. The van der Waals surface area contributed by atoms with Crippen LogP contribution in [0, 0.1) is 0 Å². The number of hydrogen-bond donors (Lipinski definition) is 1. The van der Waals surface area contributed by atoms with E-state index in [0.29, 0.717) is 0 Å². The molecule has 1 N–H and O–H groups in total. The quantitative estimate of drug-likeness (QED) is 0.789. The highest BCUT2D eigenvalue weighted by molar-refractivity contribution is 7.15. The van der Waals surface area contributed by atoms with Crippen LogP contribution in [0.15, 0.2) is 6.20 Å². The number of likely N-dealkylation sites (N-methyl/N-ethyl adjacent to an activating group) is 1. The Morgan fingerprint density at radius 2 is 1.95 bits per heavy atom. The first-order valence-corrected chi connectivity index (χ1v) is 8.77. The van der Waals surface area contributed by atoms with E-state index in [2.05, 4.69) is 46.0 Å². The summed E-state index contributed by atoms with van der Waals surface area (Å²) in [6.45, 7) is 11.3. The van der Waals surface area contributed by atoms with Gasteiger partial charge in [-0.05, 0) is 20.5 Å². The zero-order valence-electron chi connectivity index (χ0n) is 13.6. The molecule has 0 saturated carbocycles. The molecule has 0 amide bonds. The first-order valence-electron chi connectivity index (χ1n) is 7.95. The van der Waals surface area contributed by atoms with Crippen LogP contribution in [-0.2, 0) is 6.54 Å². The molecule has 1 saturated heterocycles. The molecule has 0 radical (unpaired) electrons. The average Bonchev–Trinajstić information content (AvgIpc) is 2.92. The summed E-state index contributed by atoms with van der Waals surface area (Å²) in [5.41, 5.74) is 0. The normalized spacial score (nSPS) is 17.5. The summed E-state index contributed by atoms with van der Waals surface area (Å²) in [7, 11) is 4.29. The van der Waals surface area contributed by atoms with Gasteiger partial charge in [0.05, 0.1) is 0 Å². The maximum Gasteiger partial charge on any atom is 0.182 e. The third-order valence-electron chi connectivity index (χ3n) is 3.79. The number of rotatable bonds is 8. The summed E-state index contributed by atoms with van der Waals surface area (Å²) in [5.74, 6) is 0. The van der Waals surface area contributed by atoms with Crippen molar-refractivity contribution < 1.29 is 0 Å². The van der Waals surface area contributed by atoms with Gasteiger partial charge in [0, 0.05) is 63.4 Å². The van der Waals surface area contributed by atoms with Crippen LogP contribution < -0.4 is 5.32 Å². The molecule has 0 unspecified atom stereocenters. The van der Waals surface area contributed by atoms with Gasteiger partial charge in [0.2, 0.25) is 0 Å². The minimum absolute atomic E-state index is 1.01. The second kappa shape index (κ2) is 8.68. The second-order valence-corrected chi connectivity index (χ2v) is 7.09. The lowest BCUT2D eigenvalue weighted by atomic mass is 10.3. The molecule has 0 aliphatic carbocycles. The third-order valence-corrected chi connectivity index (χ3v) is 4.73. The second-order valence-electron chi connectivity index (χ2n) is 5.98. The highest BCUT2D eigenvalue weighted by atomic mass is 32.1. The van der Waals surface area contributed by atoms with E-state index in [1.807, 2.05) is 6.20 Å². The van der Waals surface area contributed by atoms with Crippen LogP contribution >= 0.6 is 11.3 Å². The molecule has 2 rings (SSSR count). The predicted molar refractivity (Wildman–Crippen MR) is 91.2 cm³/mol. The molecule has 1 aromatic heterocycles. The van der Waals surface area contributed by atoms with Crippen molar-refractivity contribution in [2.75, 3.05) is 65.2 Å². The van der Waals surface area contributed by atoms with Crippen LogP contribution in [0.2, 0.25) is 0 Å². The van der Waals surface area contributed by atoms with Gasteiger partial charge in [-0.1, -0.05) is 6.92 Å². The summed E-state index contributed by atoms with van der Waals surface area (Å²) < 4.78 is 0. The van der Waals surface area contributed by atoms with Gasteiger partial charge in [-0.2, -0.15) is 0 Å². The third kappa shape index (κ3) is 5.90. The molecule has 0 bridgehead atoms. The fourth-order valence-electron chi connectivity index (χ4n) is 2.43. The summed E-state index contributed by atoms with van der Waals surface area (Å²) in [5, 5.41) is 4.43. The van der Waals surface area contributed by atoms with E-state index in [1.54, 1.807) is 11.3 Å². The van der Waals surface area contributed by atoms with Crippen molar-refractivity contribution >= 4 is 16.5 Å². The maximum atomic E-state index is 4.45. The van der Waals surface area contributed by atoms with Crippen molar-refractivity contribution in [3.05, 3.63) is 11.1 Å². The van der Waals surface area contributed by atoms with E-state index in [-0.39, 0.29) is 0 Å². The van der Waals surface area contributed by atoms with Crippen molar-refractivity contribution in [2.45, 2.75) is 19.9 Å². The Labute approximate surface area is 132 Å². The smallest absolute Gasteiger partial charge is 0.182 e. The van der Waals surface area contributed by atoms with Crippen LogP contribution in [-0.4, -0.2) is 79.6 Å². The molecule has 0 aromatic carbocycles. The van der Waals surface area contributed by atoms with Crippen LogP contribution in [0.25, 0.3) is 0 Å². The highest BCUT2D eigenvalue weighted by Crippen LogP contribution is 2.20. The predicted octanol–water partition coefficient (Wildman–Crippen LogP) is 1.64. The molecule has 1 aliphatic rings. The van der Waals surface area contributed by atoms with Gasteiger partial charge in [0.25, 0.3) is 0 Å². The maximum absolute atomic E-state index is 4.45. The lowest BCUT2D eigenvalue weighted by molar-refractivity contribution is 0.121. The van der Waals surface area contributed by atoms with E-state index in [0.717, 1.165) is 31.2 Å². The fourth-order valence-corrected chi connectivity index (χ4v) is 3.31. The standard InChI is InChI=1S/C15H29N5S/c1-4-5-16-15-17-12-14(21-15)13-20-10-8-19(9-11-20)7-6-18(2)3/h12H,4-11,13H2,1-3H3,(H,16,17). The van der Waals surface area contributed by atoms with Crippen molar-refractivity contribution in [3.8, 4) is 0 Å². The molecule has 6 heteroatoms. The Bertz CT molecular complexity index is 399. The zero-order valence-corrected chi connectivity index (χ0v) is 14.5. The number of hydrogen-bond acceptors (Lipinski definition) is 6. The molecular weight excluding hydrogens is 282 g/mol. The number of piperazine rings is 1. The number of nitrogens with one attached hydrogen (secondary N) is 1. The molecule has 21 heavy (non-hydrogen) atoms. The molecule has 120 valence electrons. The van der Waals surface area contributed by atoms with Gasteiger partial charge >= 0.3 is 0 Å². The van der Waals surface area contributed by atoms with E-state index < -0.39 is 0 Å². The molecule has 1 aromatic rings. The van der Waals surface area contributed by atoms with E-state index in [9.17, 15) is 0 Å². The Morgan fingerprint density at radius 1 is 1.24 bits per heavy atom. The lowest BCUT2D eigenvalue weighted by Crippen LogP contribution is -2.47. The Hall–Kier alpha value is -0.690. The largest absolute Gasteiger partial charge is 0.362 e. The van der Waals surface area contributed by atoms with Crippen molar-refractivity contribution in [1.29, 1.82) is 0 Å². The van der Waals surface area contributed by atoms with Gasteiger partial charge in [0.15, 0.2) is 5.13 Å². The van der Waals surface area contributed by atoms with Crippen LogP contribution in [0.5, 0.6) is 0 Å². The van der Waals surface area contributed by atoms with Crippen LogP contribution in [0.3, 0.4) is 0 Å². The number of anilines is 1. The van der Waals surface area contributed by atoms with Gasteiger partial charge in [-0.25, -0.2) is 4.98 Å². The van der Waals surface area contributed by atoms with Crippen molar-refractivity contribution in [1.82, 2.24) is 19.7 Å². The summed E-state index contributed by atoms with van der Waals surface area (Å²) >= 11 is 1.80. The van der Waals surface area contributed by atoms with Crippen LogP contribution in [0.1, 0.15) is 18.2 Å². The van der Waals surface area contributed by atoms with Crippen LogP contribution in [0.4, 0.5) is 5.13 Å². The van der Waals surface area contributed by atoms with E-state index in [4.69, 9.17) is 0 Å². The fraction of sp³-hybridized carbons (Fsp3) is 0.800. The average molecular weight is 311 g/mol. The molecule has 2 heterocycles. The minimum atomic E-state index is 1.01. The minimum Gasteiger partial charge on any atom is -0.362 e. The monoisotopic (exact) mass is 311 g/mol. The highest BCUT2D eigenvalue weighted by Gasteiger charge is 2.17. The van der Waals surface area contributed by atoms with Gasteiger partial charge in [-0.15, -0.1) is 11.3 Å². The Kier molecular flexibility index (Phi) is 6.89. The summed E-state index contributed by atoms with van der Waals surface area (Å²) in [6.07, 6.45) is 3.17. The number of nitrogens with zero attached hydrogens (tertiary/aromatic N) is 4. The number of thiazole rings is 1. The molecule has 1 fully saturated rings. The van der Waals surface area contributed by atoms with Crippen molar-refractivity contribution in [2.24, 2.45) is 0 Å². The van der Waals surface area contributed by atoms with Gasteiger partial charge < -0.3 is 10.2 Å². The number of aromatic nitrogens is 1. The first kappa shape index (κ1) is 16.7. The zero-order chi connectivity index (χ0) is 15.1. The first-order chi connectivity index (χ1) is 10.2. The lowest BCUT2D eigenvalue weighted by Gasteiger charge is -2.34. The van der Waals surface area contributed by atoms with Gasteiger partial charge in [-0.3, -0.25) is 9.80 Å². The SMILES string of the molecule is CCCNc1ncc(CN2CCN(CCN(C)C)CC2)s1. The topological polar surface area (TPSA) is 34.6 Å². The Morgan fingerprint density at radius 3 is 2.62 bits per heavy atom. The van der Waals surface area contributed by atoms with Crippen molar-refractivity contribution in [3.63, 3.8) is 0 Å². The van der Waals surface area contributed by atoms with E-state index in [1.165, 1.54) is 37.6 Å². The molecule has 0 atom stereocenters. The van der Waals surface area contributed by atoms with Gasteiger partial charge in [0.1, 0.15) is 0 Å². The molecule has 5 nitrogen and oxygen atoms in total. The molecular formula is C15H29N5S. The molecule has 0 spiro atoms. The Balaban J connectivity index is 1.69. The summed E-state index contributed by atoms with van der Waals surface area (Å²) in [4.78, 5) is 13.2. The molecule has 1 aliphatic heterocycles.